The fourth-order valence-electron chi connectivity index (χ4n) is 7.40. The second-order valence-electron chi connectivity index (χ2n) is 9.98. The number of allylic oxidation sites excluding steroid dienone is 6. The molecule has 0 radical (unpaired) electrons. The predicted molar refractivity (Wildman–Crippen MR) is 108 cm³/mol. The molecule has 0 heteroatoms. The molecule has 2 fully saturated rings. The smallest absolute Gasteiger partial charge is 0.0101 e. The Kier molecular flexibility index (Phi) is 3.98. The van der Waals surface area contributed by atoms with Gasteiger partial charge in [-0.05, 0) is 74.0 Å². The quantitative estimate of drug-likeness (QED) is 0.466. The van der Waals surface area contributed by atoms with Crippen molar-refractivity contribution in [3.63, 3.8) is 0 Å². The van der Waals surface area contributed by atoms with Gasteiger partial charge in [0.2, 0.25) is 0 Å². The first kappa shape index (κ1) is 17.4. The van der Waals surface area contributed by atoms with E-state index in [0.29, 0.717) is 10.8 Å². The third-order valence-corrected chi connectivity index (χ3v) is 8.69. The van der Waals surface area contributed by atoms with Crippen molar-refractivity contribution < 1.29 is 0 Å². The van der Waals surface area contributed by atoms with E-state index in [0.717, 1.165) is 30.1 Å². The van der Waals surface area contributed by atoms with E-state index in [1.165, 1.54) is 49.7 Å². The van der Waals surface area contributed by atoms with Gasteiger partial charge in [-0.1, -0.05) is 75.3 Å². The van der Waals surface area contributed by atoms with Gasteiger partial charge in [-0.25, -0.2) is 0 Å². The zero-order valence-corrected chi connectivity index (χ0v) is 16.8. The standard InChI is InChI=1S/C25H36/c1-7-17(3)23-18(4)15-22-20-9-8-19-14-16(2)10-12-24(19,5)21(20)11-13-25(22,23)6/h11,14,18,20,22-23H,2-3,7-10,12-13,15H2,1,4-6H3/t18-,20?,22?,23+,24+,25+/m1/s1. The van der Waals surface area contributed by atoms with Crippen molar-refractivity contribution in [3.05, 3.63) is 47.6 Å². The maximum Gasteiger partial charge on any atom is 0.0101 e. The van der Waals surface area contributed by atoms with Crippen LogP contribution in [0.2, 0.25) is 0 Å². The Morgan fingerprint density at radius 2 is 2.04 bits per heavy atom. The van der Waals surface area contributed by atoms with Gasteiger partial charge >= 0.3 is 0 Å². The van der Waals surface area contributed by atoms with Gasteiger partial charge in [-0.3, -0.25) is 0 Å². The van der Waals surface area contributed by atoms with Gasteiger partial charge in [-0.15, -0.1) is 0 Å². The average molecular weight is 337 g/mol. The molecule has 4 aliphatic carbocycles. The Balaban J connectivity index is 1.74. The van der Waals surface area contributed by atoms with Crippen molar-refractivity contribution in [1.82, 2.24) is 0 Å². The monoisotopic (exact) mass is 336 g/mol. The number of hydrogen-bond donors (Lipinski definition) is 0. The number of hydrogen-bond acceptors (Lipinski definition) is 0. The SMILES string of the molecule is C=C1C=C2CCC3C(=CC[C@@]4(C)C3C[C@@H](C)[C@@H]4C(=C)CC)[C@@]2(C)CC1. The first-order valence-corrected chi connectivity index (χ1v) is 10.6. The van der Waals surface area contributed by atoms with Crippen LogP contribution in [0.25, 0.3) is 0 Å². The van der Waals surface area contributed by atoms with E-state index in [9.17, 15) is 0 Å². The lowest BCUT2D eigenvalue weighted by Gasteiger charge is -2.54. The van der Waals surface area contributed by atoms with E-state index in [4.69, 9.17) is 0 Å². The molecule has 0 nitrogen and oxygen atoms in total. The molecule has 0 aromatic rings. The van der Waals surface area contributed by atoms with E-state index >= 15 is 0 Å². The Hall–Kier alpha value is -1.04. The molecule has 0 amide bonds. The van der Waals surface area contributed by atoms with Crippen molar-refractivity contribution in [2.75, 3.05) is 0 Å². The Bertz CT molecular complexity index is 674. The zero-order chi connectivity index (χ0) is 18.0. The van der Waals surface area contributed by atoms with Crippen LogP contribution in [-0.4, -0.2) is 0 Å². The maximum atomic E-state index is 4.49. The van der Waals surface area contributed by atoms with Crippen LogP contribution in [0.15, 0.2) is 47.6 Å². The van der Waals surface area contributed by atoms with Crippen LogP contribution >= 0.6 is 0 Å². The second kappa shape index (κ2) is 5.73. The van der Waals surface area contributed by atoms with E-state index in [1.54, 1.807) is 11.1 Å². The lowest BCUT2D eigenvalue weighted by Crippen LogP contribution is -2.44. The summed E-state index contributed by atoms with van der Waals surface area (Å²) in [5.41, 5.74) is 7.10. The van der Waals surface area contributed by atoms with Crippen molar-refractivity contribution in [2.24, 2.45) is 34.5 Å². The summed E-state index contributed by atoms with van der Waals surface area (Å²) in [5, 5.41) is 0. The van der Waals surface area contributed by atoms with Crippen molar-refractivity contribution >= 4 is 0 Å². The van der Waals surface area contributed by atoms with Crippen LogP contribution in [0, 0.1) is 34.5 Å². The average Bonchev–Trinajstić information content (AvgIpc) is 2.85. The third kappa shape index (κ3) is 2.32. The predicted octanol–water partition coefficient (Wildman–Crippen LogP) is 7.25. The van der Waals surface area contributed by atoms with Crippen LogP contribution in [0.1, 0.15) is 72.6 Å². The van der Waals surface area contributed by atoms with E-state index < -0.39 is 0 Å². The number of rotatable bonds is 2. The summed E-state index contributed by atoms with van der Waals surface area (Å²) in [7, 11) is 0. The number of fused-ring (bicyclic) bond motifs is 5. The molecule has 0 heterocycles. The minimum absolute atomic E-state index is 0.328. The topological polar surface area (TPSA) is 0 Å². The van der Waals surface area contributed by atoms with Crippen molar-refractivity contribution in [1.29, 1.82) is 0 Å². The van der Waals surface area contributed by atoms with E-state index in [2.05, 4.69) is 53.0 Å². The summed E-state index contributed by atoms with van der Waals surface area (Å²) < 4.78 is 0. The Morgan fingerprint density at radius 3 is 2.76 bits per heavy atom. The summed E-state index contributed by atoms with van der Waals surface area (Å²) in [4.78, 5) is 0. The van der Waals surface area contributed by atoms with Crippen molar-refractivity contribution in [3.8, 4) is 0 Å². The molecule has 0 N–H and O–H groups in total. The van der Waals surface area contributed by atoms with Gasteiger partial charge < -0.3 is 0 Å². The molecule has 2 saturated carbocycles. The normalized spacial score (nSPS) is 45.8. The molecule has 0 aromatic heterocycles. The molecule has 0 aromatic carbocycles. The minimum atomic E-state index is 0.328. The molecule has 0 bridgehead atoms. The third-order valence-electron chi connectivity index (χ3n) is 8.69. The van der Waals surface area contributed by atoms with Crippen LogP contribution in [0.5, 0.6) is 0 Å². The molecule has 0 spiro atoms. The molecular formula is C25H36. The fraction of sp³-hybridized carbons (Fsp3) is 0.680. The molecular weight excluding hydrogens is 300 g/mol. The van der Waals surface area contributed by atoms with Gasteiger partial charge in [-0.2, -0.15) is 0 Å². The maximum absolute atomic E-state index is 4.49. The molecule has 136 valence electrons. The summed E-state index contributed by atoms with van der Waals surface area (Å²) in [6.45, 7) is 18.7. The second-order valence-corrected chi connectivity index (χ2v) is 9.98. The van der Waals surface area contributed by atoms with E-state index in [1.807, 2.05) is 0 Å². The minimum Gasteiger partial charge on any atom is -0.0996 e. The summed E-state index contributed by atoms with van der Waals surface area (Å²) in [6, 6.07) is 0. The van der Waals surface area contributed by atoms with Gasteiger partial charge in [0.1, 0.15) is 0 Å². The summed E-state index contributed by atoms with van der Waals surface area (Å²) >= 11 is 0. The largest absolute Gasteiger partial charge is 0.0996 e. The van der Waals surface area contributed by atoms with E-state index in [-0.39, 0.29) is 0 Å². The van der Waals surface area contributed by atoms with Crippen LogP contribution in [0.3, 0.4) is 0 Å². The summed E-state index contributed by atoms with van der Waals surface area (Å²) in [6.07, 6.45) is 14.1. The lowest BCUT2D eigenvalue weighted by molar-refractivity contribution is 0.0942. The molecule has 25 heavy (non-hydrogen) atoms. The highest BCUT2D eigenvalue weighted by Crippen LogP contribution is 2.66. The summed E-state index contributed by atoms with van der Waals surface area (Å²) in [5.74, 6) is 3.19. The molecule has 4 aliphatic rings. The van der Waals surface area contributed by atoms with Crippen molar-refractivity contribution in [2.45, 2.75) is 72.6 Å². The van der Waals surface area contributed by atoms with Gasteiger partial charge in [0.05, 0.1) is 0 Å². The molecule has 2 unspecified atom stereocenters. The van der Waals surface area contributed by atoms with Crippen LogP contribution in [0.4, 0.5) is 0 Å². The first-order chi connectivity index (χ1) is 11.8. The Morgan fingerprint density at radius 1 is 1.28 bits per heavy atom. The van der Waals surface area contributed by atoms with Gasteiger partial charge in [0, 0.05) is 5.41 Å². The lowest BCUT2D eigenvalue weighted by atomic mass is 9.51. The molecule has 4 rings (SSSR count). The molecule has 0 saturated heterocycles. The van der Waals surface area contributed by atoms with Gasteiger partial charge in [0.15, 0.2) is 0 Å². The highest BCUT2D eigenvalue weighted by atomic mass is 14.6. The van der Waals surface area contributed by atoms with Crippen LogP contribution in [-0.2, 0) is 0 Å². The van der Waals surface area contributed by atoms with Crippen LogP contribution < -0.4 is 0 Å². The Labute approximate surface area is 155 Å². The highest BCUT2D eigenvalue weighted by molar-refractivity contribution is 5.43. The highest BCUT2D eigenvalue weighted by Gasteiger charge is 2.57. The zero-order valence-electron chi connectivity index (χ0n) is 16.8. The fourth-order valence-corrected chi connectivity index (χ4v) is 7.40. The van der Waals surface area contributed by atoms with Gasteiger partial charge in [0.25, 0.3) is 0 Å². The first-order valence-electron chi connectivity index (χ1n) is 10.6. The molecule has 6 atom stereocenters. The molecule has 0 aliphatic heterocycles.